The molecule has 1 atom stereocenters. The van der Waals surface area contributed by atoms with Crippen LogP contribution in [0.4, 0.5) is 0 Å². The van der Waals surface area contributed by atoms with E-state index >= 15 is 0 Å². The maximum atomic E-state index is 11.8. The summed E-state index contributed by atoms with van der Waals surface area (Å²) < 4.78 is 5.56. The van der Waals surface area contributed by atoms with Crippen LogP contribution in [0.3, 0.4) is 0 Å². The summed E-state index contributed by atoms with van der Waals surface area (Å²) >= 11 is 0. The van der Waals surface area contributed by atoms with Crippen molar-refractivity contribution in [1.82, 2.24) is 10.3 Å². The quantitative estimate of drug-likeness (QED) is 0.718. The van der Waals surface area contributed by atoms with Crippen LogP contribution in [-0.4, -0.2) is 29.4 Å². The third-order valence-corrected chi connectivity index (χ3v) is 3.18. The third-order valence-electron chi connectivity index (χ3n) is 3.18. The van der Waals surface area contributed by atoms with Crippen LogP contribution in [-0.2, 0) is 9.59 Å². The minimum absolute atomic E-state index is 0.211. The molecule has 0 radical (unpaired) electrons. The van der Waals surface area contributed by atoms with Gasteiger partial charge < -0.3 is 15.8 Å². The van der Waals surface area contributed by atoms with Crippen molar-refractivity contribution >= 4 is 11.8 Å². The van der Waals surface area contributed by atoms with Gasteiger partial charge in [-0.15, -0.1) is 0 Å². The van der Waals surface area contributed by atoms with Crippen molar-refractivity contribution in [1.29, 1.82) is 0 Å². The minimum atomic E-state index is -0.978. The molecule has 6 nitrogen and oxygen atoms in total. The number of nitrogens with one attached hydrogen (secondary N) is 1. The van der Waals surface area contributed by atoms with E-state index in [1.54, 1.807) is 24.5 Å². The fourth-order valence-corrected chi connectivity index (χ4v) is 1.81. The summed E-state index contributed by atoms with van der Waals surface area (Å²) in [6.07, 6.45) is 4.11. The van der Waals surface area contributed by atoms with Crippen LogP contribution < -0.4 is 15.8 Å². The van der Waals surface area contributed by atoms with Crippen LogP contribution in [0.1, 0.15) is 19.8 Å². The van der Waals surface area contributed by atoms with Crippen molar-refractivity contribution in [2.24, 2.45) is 11.1 Å². The fourth-order valence-electron chi connectivity index (χ4n) is 1.81. The number of hydrogen-bond acceptors (Lipinski definition) is 4. The van der Waals surface area contributed by atoms with Crippen LogP contribution in [0, 0.1) is 5.41 Å². The average molecular weight is 263 g/mol. The van der Waals surface area contributed by atoms with E-state index in [0.717, 1.165) is 0 Å². The summed E-state index contributed by atoms with van der Waals surface area (Å²) in [7, 11) is 0. The Morgan fingerprint density at radius 2 is 2.32 bits per heavy atom. The number of amides is 2. The van der Waals surface area contributed by atoms with E-state index < -0.39 is 11.3 Å². The lowest BCUT2D eigenvalue weighted by Gasteiger charge is -2.17. The zero-order valence-electron chi connectivity index (χ0n) is 10.8. The highest BCUT2D eigenvalue weighted by molar-refractivity contribution is 6.07. The summed E-state index contributed by atoms with van der Waals surface area (Å²) in [5.41, 5.74) is 4.25. The van der Waals surface area contributed by atoms with Crippen molar-refractivity contribution in [2.45, 2.75) is 25.9 Å². The predicted molar refractivity (Wildman–Crippen MR) is 68.2 cm³/mol. The van der Waals surface area contributed by atoms with Gasteiger partial charge in [0.2, 0.25) is 11.8 Å². The number of nitrogens with two attached hydrogens (primary N) is 1. The zero-order valence-corrected chi connectivity index (χ0v) is 10.8. The van der Waals surface area contributed by atoms with Crippen molar-refractivity contribution in [3.63, 3.8) is 0 Å². The first kappa shape index (κ1) is 13.3. The predicted octanol–water partition coefficient (Wildman–Crippen LogP) is 0.231. The number of primary amides is 1. The number of hydrogen-bond donors (Lipinski definition) is 2. The molecule has 0 unspecified atom stereocenters. The standard InChI is InChI=1S/C13H17N3O3/c1-9(19-10-3-2-6-15-8-10)7-16-12(18)13(4-5-13)11(14)17/h2-3,6,8-9H,4-5,7H2,1H3,(H2,14,17)(H,16,18)/t9-/m1/s1. The van der Waals surface area contributed by atoms with Gasteiger partial charge in [0, 0.05) is 6.20 Å². The monoisotopic (exact) mass is 263 g/mol. The first-order chi connectivity index (χ1) is 9.04. The summed E-state index contributed by atoms with van der Waals surface area (Å²) in [4.78, 5) is 27.0. The molecule has 0 aliphatic heterocycles. The molecule has 1 aliphatic carbocycles. The molecule has 0 aromatic carbocycles. The molecule has 19 heavy (non-hydrogen) atoms. The summed E-state index contributed by atoms with van der Waals surface area (Å²) in [6, 6.07) is 3.56. The Balaban J connectivity index is 1.80. The number of ether oxygens (including phenoxy) is 1. The van der Waals surface area contributed by atoms with Crippen molar-refractivity contribution < 1.29 is 14.3 Å². The highest BCUT2D eigenvalue weighted by Gasteiger charge is 2.55. The number of nitrogens with zero attached hydrogens (tertiary/aromatic N) is 1. The molecule has 1 heterocycles. The van der Waals surface area contributed by atoms with Gasteiger partial charge in [0.15, 0.2) is 0 Å². The summed E-state index contributed by atoms with van der Waals surface area (Å²) in [5, 5.41) is 2.70. The van der Waals surface area contributed by atoms with Gasteiger partial charge in [-0.2, -0.15) is 0 Å². The largest absolute Gasteiger partial charge is 0.487 e. The topological polar surface area (TPSA) is 94.3 Å². The molecule has 0 bridgehead atoms. The normalized spacial score (nSPS) is 17.3. The molecule has 1 aliphatic rings. The van der Waals surface area contributed by atoms with Crippen LogP contribution in [0.5, 0.6) is 5.75 Å². The van der Waals surface area contributed by atoms with Gasteiger partial charge in [0.1, 0.15) is 17.3 Å². The van der Waals surface area contributed by atoms with Crippen LogP contribution >= 0.6 is 0 Å². The molecule has 1 saturated carbocycles. The zero-order chi connectivity index (χ0) is 13.9. The van der Waals surface area contributed by atoms with Crippen LogP contribution in [0.2, 0.25) is 0 Å². The molecule has 0 spiro atoms. The number of rotatable bonds is 6. The Hall–Kier alpha value is -2.11. The second kappa shape index (κ2) is 5.26. The molecule has 3 N–H and O–H groups in total. The molecule has 1 aromatic rings. The smallest absolute Gasteiger partial charge is 0.235 e. The molecule has 0 saturated heterocycles. The van der Waals surface area contributed by atoms with Gasteiger partial charge >= 0.3 is 0 Å². The first-order valence-corrected chi connectivity index (χ1v) is 6.19. The van der Waals surface area contributed by atoms with Gasteiger partial charge in [0.25, 0.3) is 0 Å². The van der Waals surface area contributed by atoms with Gasteiger partial charge in [0.05, 0.1) is 12.7 Å². The minimum Gasteiger partial charge on any atom is -0.487 e. The van der Waals surface area contributed by atoms with E-state index in [1.165, 1.54) is 0 Å². The van der Waals surface area contributed by atoms with E-state index in [4.69, 9.17) is 10.5 Å². The molecular formula is C13H17N3O3. The van der Waals surface area contributed by atoms with E-state index in [1.807, 2.05) is 6.92 Å². The maximum Gasteiger partial charge on any atom is 0.235 e. The van der Waals surface area contributed by atoms with E-state index in [2.05, 4.69) is 10.3 Å². The second-order valence-electron chi connectivity index (χ2n) is 4.77. The van der Waals surface area contributed by atoms with Crippen LogP contribution in [0.15, 0.2) is 24.5 Å². The first-order valence-electron chi connectivity index (χ1n) is 6.19. The maximum absolute atomic E-state index is 11.8. The van der Waals surface area contributed by atoms with Gasteiger partial charge in [-0.1, -0.05) is 0 Å². The van der Waals surface area contributed by atoms with E-state index in [0.29, 0.717) is 25.1 Å². The Labute approximate surface area is 111 Å². The molecule has 6 heteroatoms. The highest BCUT2D eigenvalue weighted by Crippen LogP contribution is 2.45. The van der Waals surface area contributed by atoms with Gasteiger partial charge in [-0.05, 0) is 31.9 Å². The van der Waals surface area contributed by atoms with Crippen molar-refractivity contribution in [3.8, 4) is 5.75 Å². The number of carbonyl (C=O) groups excluding carboxylic acids is 2. The van der Waals surface area contributed by atoms with Crippen LogP contribution in [0.25, 0.3) is 0 Å². The fraction of sp³-hybridized carbons (Fsp3) is 0.462. The van der Waals surface area contributed by atoms with E-state index in [-0.39, 0.29) is 12.0 Å². The SMILES string of the molecule is C[C@H](CNC(=O)C1(C(N)=O)CC1)Oc1cccnc1. The highest BCUT2D eigenvalue weighted by atomic mass is 16.5. The number of pyridine rings is 1. The lowest BCUT2D eigenvalue weighted by Crippen LogP contribution is -2.43. The Bertz CT molecular complexity index is 471. The molecule has 102 valence electrons. The lowest BCUT2D eigenvalue weighted by atomic mass is 10.1. The second-order valence-corrected chi connectivity index (χ2v) is 4.77. The Morgan fingerprint density at radius 1 is 1.58 bits per heavy atom. The third kappa shape index (κ3) is 3.01. The lowest BCUT2D eigenvalue weighted by molar-refractivity contribution is -0.135. The molecule has 1 fully saturated rings. The summed E-state index contributed by atoms with van der Waals surface area (Å²) in [6.45, 7) is 2.15. The van der Waals surface area contributed by atoms with Gasteiger partial charge in [-0.3, -0.25) is 14.6 Å². The molecular weight excluding hydrogens is 246 g/mol. The number of carbonyl (C=O) groups is 2. The van der Waals surface area contributed by atoms with E-state index in [9.17, 15) is 9.59 Å². The van der Waals surface area contributed by atoms with Gasteiger partial charge in [-0.25, -0.2) is 0 Å². The Kier molecular flexibility index (Phi) is 3.69. The van der Waals surface area contributed by atoms with Crippen molar-refractivity contribution in [3.05, 3.63) is 24.5 Å². The number of aromatic nitrogens is 1. The molecule has 1 aromatic heterocycles. The molecule has 2 rings (SSSR count). The van der Waals surface area contributed by atoms with Crippen molar-refractivity contribution in [2.75, 3.05) is 6.54 Å². The Morgan fingerprint density at radius 3 is 2.84 bits per heavy atom. The molecule has 2 amide bonds. The average Bonchev–Trinajstić information content (AvgIpc) is 3.18. The summed E-state index contributed by atoms with van der Waals surface area (Å²) in [5.74, 6) is -0.215.